The lowest BCUT2D eigenvalue weighted by molar-refractivity contribution is -0.143. The molecule has 1 heterocycles. The van der Waals surface area contributed by atoms with Crippen LogP contribution in [-0.2, 0) is 35.3 Å². The number of urea groups is 1. The molecule has 3 aromatic carbocycles. The molecule has 1 aliphatic rings. The number of hydrogen-bond acceptors (Lipinski definition) is 9. The largest absolute Gasteiger partial charge is 0.481 e. The Morgan fingerprint density at radius 2 is 1.57 bits per heavy atom. The first-order valence-corrected chi connectivity index (χ1v) is 14.5. The van der Waals surface area contributed by atoms with Crippen molar-refractivity contribution in [3.05, 3.63) is 101 Å². The maximum Gasteiger partial charge on any atom is 0.338 e. The molecule has 5 amide bonds. The summed E-state index contributed by atoms with van der Waals surface area (Å²) in [5, 5.41) is 25.7. The molecule has 4 rings (SSSR count). The van der Waals surface area contributed by atoms with E-state index in [1.165, 1.54) is 42.5 Å². The monoisotopic (exact) mass is 673 g/mol. The van der Waals surface area contributed by atoms with E-state index in [1.54, 1.807) is 30.3 Å². The Hall–Kier alpha value is -6.78. The van der Waals surface area contributed by atoms with Crippen molar-refractivity contribution >= 4 is 53.3 Å². The van der Waals surface area contributed by atoms with Gasteiger partial charge in [-0.1, -0.05) is 66.7 Å². The number of guanidine groups is 1. The number of carbonyl (C=O) groups excluding carboxylic acids is 5. The van der Waals surface area contributed by atoms with E-state index >= 15 is 0 Å². The molecule has 1 aliphatic heterocycles. The fourth-order valence-electron chi connectivity index (χ4n) is 4.78. The van der Waals surface area contributed by atoms with E-state index in [4.69, 9.17) is 16.2 Å². The van der Waals surface area contributed by atoms with Gasteiger partial charge in [0.25, 0.3) is 5.91 Å². The summed E-state index contributed by atoms with van der Waals surface area (Å²) in [5.41, 5.74) is 12.1. The number of imide groups is 1. The van der Waals surface area contributed by atoms with Crippen LogP contribution < -0.4 is 27.4 Å². The zero-order valence-electron chi connectivity index (χ0n) is 25.6. The van der Waals surface area contributed by atoms with Crippen LogP contribution in [0, 0.1) is 0 Å². The molecule has 3 aromatic rings. The maximum atomic E-state index is 13.4. The Morgan fingerprint density at radius 3 is 2.18 bits per heavy atom. The third-order valence-electron chi connectivity index (χ3n) is 7.06. The van der Waals surface area contributed by atoms with Crippen LogP contribution in [0.4, 0.5) is 10.5 Å². The van der Waals surface area contributed by atoms with Gasteiger partial charge in [-0.05, 0) is 23.3 Å². The van der Waals surface area contributed by atoms with E-state index in [0.717, 1.165) is 5.56 Å². The van der Waals surface area contributed by atoms with E-state index in [0.29, 0.717) is 4.90 Å². The van der Waals surface area contributed by atoms with Crippen LogP contribution in [0.1, 0.15) is 45.6 Å². The lowest BCUT2D eigenvalue weighted by atomic mass is 10.0. The normalized spacial score (nSPS) is 14.9. The summed E-state index contributed by atoms with van der Waals surface area (Å²) in [6, 6.07) is 14.6. The zero-order valence-corrected chi connectivity index (χ0v) is 25.6. The smallest absolute Gasteiger partial charge is 0.338 e. The van der Waals surface area contributed by atoms with E-state index in [-0.39, 0.29) is 29.0 Å². The lowest BCUT2D eigenvalue weighted by Crippen LogP contribution is -2.52. The minimum Gasteiger partial charge on any atom is -0.481 e. The number of hydrogen-bond donors (Lipinski definition) is 7. The number of nitrogens with zero attached hydrogens (tertiary/aromatic N) is 2. The summed E-state index contributed by atoms with van der Waals surface area (Å²) in [6.07, 6.45) is -0.941. The van der Waals surface area contributed by atoms with Crippen molar-refractivity contribution in [2.24, 2.45) is 16.5 Å². The molecule has 17 nitrogen and oxygen atoms in total. The second-order valence-corrected chi connectivity index (χ2v) is 10.6. The van der Waals surface area contributed by atoms with Crippen molar-refractivity contribution in [3.63, 3.8) is 0 Å². The number of amides is 5. The highest BCUT2D eigenvalue weighted by atomic mass is 16.5. The van der Waals surface area contributed by atoms with Gasteiger partial charge in [-0.15, -0.1) is 0 Å². The van der Waals surface area contributed by atoms with Crippen molar-refractivity contribution in [1.82, 2.24) is 20.9 Å². The first-order valence-electron chi connectivity index (χ1n) is 14.5. The van der Waals surface area contributed by atoms with Gasteiger partial charge in [-0.25, -0.2) is 19.4 Å². The number of ether oxygens (including phenoxy) is 1. The predicted molar refractivity (Wildman–Crippen MR) is 170 cm³/mol. The first kappa shape index (κ1) is 35.1. The summed E-state index contributed by atoms with van der Waals surface area (Å²) in [6.45, 7) is -0.956. The summed E-state index contributed by atoms with van der Waals surface area (Å²) in [4.78, 5) is 92.6. The summed E-state index contributed by atoms with van der Waals surface area (Å²) < 4.78 is 5.33. The van der Waals surface area contributed by atoms with Gasteiger partial charge < -0.3 is 42.4 Å². The van der Waals surface area contributed by atoms with E-state index in [2.05, 4.69) is 20.9 Å². The average molecular weight is 674 g/mol. The Labute approximate surface area is 277 Å². The van der Waals surface area contributed by atoms with Gasteiger partial charge in [0, 0.05) is 5.56 Å². The molecule has 254 valence electrons. The van der Waals surface area contributed by atoms with Crippen LogP contribution in [0.2, 0.25) is 0 Å². The molecule has 0 spiro atoms. The van der Waals surface area contributed by atoms with Gasteiger partial charge in [0.15, 0.2) is 12.0 Å². The van der Waals surface area contributed by atoms with E-state index in [1.807, 2.05) is 6.07 Å². The van der Waals surface area contributed by atoms with Crippen molar-refractivity contribution in [1.29, 1.82) is 0 Å². The minimum atomic E-state index is -1.77. The van der Waals surface area contributed by atoms with E-state index < -0.39 is 78.7 Å². The minimum absolute atomic E-state index is 0.0185. The number of carbonyl (C=O) groups is 7. The van der Waals surface area contributed by atoms with Gasteiger partial charge >= 0.3 is 23.9 Å². The highest BCUT2D eigenvalue weighted by Crippen LogP contribution is 2.31. The van der Waals surface area contributed by atoms with Crippen molar-refractivity contribution in [3.8, 4) is 0 Å². The molecule has 17 heteroatoms. The third kappa shape index (κ3) is 9.16. The molecule has 0 aromatic heterocycles. The highest BCUT2D eigenvalue weighted by Gasteiger charge is 2.41. The number of rotatable bonds is 14. The molecule has 1 unspecified atom stereocenters. The van der Waals surface area contributed by atoms with Gasteiger partial charge in [-0.2, -0.15) is 0 Å². The first-order chi connectivity index (χ1) is 23.3. The maximum absolute atomic E-state index is 13.4. The molecular formula is C32H31N7O10. The lowest BCUT2D eigenvalue weighted by Gasteiger charge is -2.21. The molecular weight excluding hydrogens is 642 g/mol. The average Bonchev–Trinajstić information content (AvgIpc) is 3.34. The van der Waals surface area contributed by atoms with E-state index in [9.17, 15) is 43.8 Å². The van der Waals surface area contributed by atoms with Crippen LogP contribution in [-0.4, -0.2) is 75.3 Å². The second kappa shape index (κ2) is 15.7. The molecule has 9 N–H and O–H groups in total. The summed E-state index contributed by atoms with van der Waals surface area (Å²) in [5.74, 6) is -7.25. The van der Waals surface area contributed by atoms with Crippen LogP contribution in [0.25, 0.3) is 0 Å². The molecule has 49 heavy (non-hydrogen) atoms. The molecule has 1 fully saturated rings. The Bertz CT molecular complexity index is 1800. The molecule has 1 saturated heterocycles. The zero-order chi connectivity index (χ0) is 35.7. The Balaban J connectivity index is 1.47. The number of esters is 1. The van der Waals surface area contributed by atoms with Crippen molar-refractivity contribution < 1.29 is 48.5 Å². The predicted octanol–water partition coefficient (Wildman–Crippen LogP) is 0.443. The van der Waals surface area contributed by atoms with Crippen LogP contribution >= 0.6 is 0 Å². The highest BCUT2D eigenvalue weighted by molar-refractivity contribution is 6.08. The topological polar surface area (TPSA) is 273 Å². The fraction of sp³-hybridized carbons (Fsp3) is 0.188. The quantitative estimate of drug-likeness (QED) is 0.0532. The number of aliphatic carboxylic acids is 2. The van der Waals surface area contributed by atoms with Gasteiger partial charge in [-0.3, -0.25) is 24.1 Å². The number of carboxylic acids is 2. The van der Waals surface area contributed by atoms with Crippen LogP contribution in [0.15, 0.2) is 83.9 Å². The Morgan fingerprint density at radius 1 is 0.918 bits per heavy atom. The summed E-state index contributed by atoms with van der Waals surface area (Å²) in [7, 11) is 0. The van der Waals surface area contributed by atoms with Crippen molar-refractivity contribution in [2.45, 2.75) is 31.2 Å². The molecule has 0 bridgehead atoms. The van der Waals surface area contributed by atoms with Gasteiger partial charge in [0.05, 0.1) is 17.7 Å². The number of nitrogens with one attached hydrogen (secondary N) is 3. The standard InChI is InChI=1S/C32H31N7O10/c33-31(34)36-21-13-19(30(47)49-16-17-7-3-1-4-8-17)11-12-20(21)26-28(44)39(32(48)38-26)15-23(40)35-22(14-24(41)42)27(43)37-25(29(45)46)18-9-5-2-6-10-18/h1-13,22,25-26H,14-16H2,(H,35,40)(H,37,43)(H,38,48)(H,41,42)(H,45,46)(H4,33,34,36)/t22-,25-,26?/m0/s1. The third-order valence-corrected chi connectivity index (χ3v) is 7.06. The fourth-order valence-corrected chi connectivity index (χ4v) is 4.78. The van der Waals surface area contributed by atoms with Crippen molar-refractivity contribution in [2.75, 3.05) is 6.54 Å². The number of carboxylic acid groups (broad SMARTS) is 2. The Kier molecular flexibility index (Phi) is 11.2. The second-order valence-electron chi connectivity index (χ2n) is 10.6. The molecule has 0 aliphatic carbocycles. The van der Waals surface area contributed by atoms with Gasteiger partial charge in [0.2, 0.25) is 11.8 Å². The SMILES string of the molecule is NC(N)=Nc1cc(C(=O)OCc2ccccc2)ccc1C1NC(=O)N(CC(=O)N[C@@H](CC(=O)O)C(=O)N[C@H](C(=O)O)c2ccccc2)C1=O. The number of nitrogens with two attached hydrogens (primary N) is 2. The van der Waals surface area contributed by atoms with Crippen LogP contribution in [0.5, 0.6) is 0 Å². The number of benzene rings is 3. The molecule has 3 atom stereocenters. The number of aliphatic imine (C=N–C) groups is 1. The summed E-state index contributed by atoms with van der Waals surface area (Å²) >= 11 is 0. The van der Waals surface area contributed by atoms with Gasteiger partial charge in [0.1, 0.15) is 25.2 Å². The van der Waals surface area contributed by atoms with Crippen LogP contribution in [0.3, 0.4) is 0 Å². The molecule has 0 saturated carbocycles. The molecule has 0 radical (unpaired) electrons.